The number of anilines is 1. The van der Waals surface area contributed by atoms with Gasteiger partial charge in [0, 0.05) is 50.2 Å². The predicted octanol–water partition coefficient (Wildman–Crippen LogP) is 4.19. The molecular formula is C22H29N3O. The molecule has 0 N–H and O–H groups in total. The number of pyridine rings is 1. The summed E-state index contributed by atoms with van der Waals surface area (Å²) in [5.74, 6) is 0.255. The number of hydrogen-bond acceptors (Lipinski definition) is 3. The van der Waals surface area contributed by atoms with Crippen LogP contribution in [-0.2, 0) is 11.3 Å². The lowest BCUT2D eigenvalue weighted by molar-refractivity contribution is -0.119. The Hall–Kier alpha value is -2.20. The number of carbonyl (C=O) groups excluding carboxylic acids is 1. The first-order chi connectivity index (χ1) is 12.7. The van der Waals surface area contributed by atoms with Crippen LogP contribution >= 0.6 is 0 Å². The van der Waals surface area contributed by atoms with E-state index in [4.69, 9.17) is 0 Å². The summed E-state index contributed by atoms with van der Waals surface area (Å²) < 4.78 is 0. The van der Waals surface area contributed by atoms with Gasteiger partial charge in [-0.25, -0.2) is 0 Å². The van der Waals surface area contributed by atoms with E-state index in [1.54, 1.807) is 0 Å². The maximum atomic E-state index is 12.8. The molecule has 26 heavy (non-hydrogen) atoms. The number of rotatable bonds is 6. The quantitative estimate of drug-likeness (QED) is 0.783. The number of aryl methyl sites for hydroxylation is 1. The van der Waals surface area contributed by atoms with Gasteiger partial charge in [0.2, 0.25) is 5.91 Å². The molecular weight excluding hydrogens is 322 g/mol. The number of piperidine rings is 1. The molecule has 0 radical (unpaired) electrons. The van der Waals surface area contributed by atoms with E-state index in [2.05, 4.69) is 65.0 Å². The van der Waals surface area contributed by atoms with Crippen LogP contribution in [0.4, 0.5) is 5.69 Å². The summed E-state index contributed by atoms with van der Waals surface area (Å²) in [4.78, 5) is 21.5. The number of carbonyl (C=O) groups is 1. The van der Waals surface area contributed by atoms with E-state index >= 15 is 0 Å². The van der Waals surface area contributed by atoms with Crippen LogP contribution in [0.15, 0.2) is 48.8 Å². The zero-order valence-corrected chi connectivity index (χ0v) is 15.9. The van der Waals surface area contributed by atoms with Gasteiger partial charge in [-0.2, -0.15) is 0 Å². The number of aromatic nitrogens is 1. The van der Waals surface area contributed by atoms with Crippen molar-refractivity contribution < 1.29 is 4.79 Å². The molecule has 1 saturated heterocycles. The Morgan fingerprint density at radius 3 is 2.58 bits per heavy atom. The van der Waals surface area contributed by atoms with Gasteiger partial charge in [-0.1, -0.05) is 19.1 Å². The summed E-state index contributed by atoms with van der Waals surface area (Å²) >= 11 is 0. The third kappa shape index (κ3) is 4.70. The Morgan fingerprint density at radius 1 is 1.19 bits per heavy atom. The minimum absolute atomic E-state index is 0.255. The van der Waals surface area contributed by atoms with Crippen molar-refractivity contribution in [3.8, 4) is 0 Å². The van der Waals surface area contributed by atoms with Gasteiger partial charge in [-0.05, 0) is 61.6 Å². The first kappa shape index (κ1) is 18.6. The van der Waals surface area contributed by atoms with Gasteiger partial charge >= 0.3 is 0 Å². The van der Waals surface area contributed by atoms with E-state index in [1.165, 1.54) is 11.1 Å². The third-order valence-corrected chi connectivity index (χ3v) is 5.09. The fourth-order valence-electron chi connectivity index (χ4n) is 3.75. The molecule has 1 aromatic carbocycles. The second kappa shape index (κ2) is 8.95. The lowest BCUT2D eigenvalue weighted by Gasteiger charge is -2.39. The van der Waals surface area contributed by atoms with Crippen LogP contribution in [0.1, 0.15) is 43.7 Å². The molecule has 1 amide bonds. The monoisotopic (exact) mass is 351 g/mol. The van der Waals surface area contributed by atoms with Crippen LogP contribution < -0.4 is 4.90 Å². The van der Waals surface area contributed by atoms with Gasteiger partial charge in [-0.3, -0.25) is 14.7 Å². The van der Waals surface area contributed by atoms with E-state index in [-0.39, 0.29) is 5.91 Å². The molecule has 1 aliphatic rings. The van der Waals surface area contributed by atoms with Crippen LogP contribution in [0.3, 0.4) is 0 Å². The summed E-state index contributed by atoms with van der Waals surface area (Å²) in [6.45, 7) is 7.17. The van der Waals surface area contributed by atoms with E-state index in [0.717, 1.165) is 44.6 Å². The van der Waals surface area contributed by atoms with Gasteiger partial charge in [0.05, 0.1) is 0 Å². The van der Waals surface area contributed by atoms with Gasteiger partial charge in [0.15, 0.2) is 0 Å². The first-order valence-electron chi connectivity index (χ1n) is 9.67. The Labute approximate surface area is 156 Å². The number of likely N-dealkylation sites (tertiary alicyclic amines) is 1. The minimum Gasteiger partial charge on any atom is -0.309 e. The Morgan fingerprint density at radius 2 is 1.92 bits per heavy atom. The van der Waals surface area contributed by atoms with Gasteiger partial charge in [0.1, 0.15) is 0 Å². The summed E-state index contributed by atoms with van der Waals surface area (Å²) in [5, 5.41) is 0. The summed E-state index contributed by atoms with van der Waals surface area (Å²) in [5.41, 5.74) is 3.55. The highest BCUT2D eigenvalue weighted by molar-refractivity contribution is 5.94. The lowest BCUT2D eigenvalue weighted by atomic mass is 10.0. The molecule has 0 atom stereocenters. The highest BCUT2D eigenvalue weighted by atomic mass is 16.2. The standard InChI is InChI=1S/C22H29N3O/c1-3-5-22(26)25(21-7-4-6-18(2)16-21)20-10-14-24(15-11-20)17-19-8-12-23-13-9-19/h4,6-9,12-13,16,20H,3,5,10-11,14-15,17H2,1-2H3. The molecule has 4 nitrogen and oxygen atoms in total. The molecule has 1 aromatic heterocycles. The van der Waals surface area contributed by atoms with E-state index in [1.807, 2.05) is 12.4 Å². The second-order valence-electron chi connectivity index (χ2n) is 7.22. The zero-order chi connectivity index (χ0) is 18.4. The summed E-state index contributed by atoms with van der Waals surface area (Å²) in [6.07, 6.45) is 7.26. The Bertz CT molecular complexity index is 708. The molecule has 2 heterocycles. The Balaban J connectivity index is 1.68. The SMILES string of the molecule is CCCC(=O)N(c1cccc(C)c1)C1CCN(Cc2ccncc2)CC1. The van der Waals surface area contributed by atoms with Crippen molar-refractivity contribution in [1.29, 1.82) is 0 Å². The number of hydrogen-bond donors (Lipinski definition) is 0. The molecule has 0 spiro atoms. The van der Waals surface area contributed by atoms with Crippen LogP contribution in [0.2, 0.25) is 0 Å². The van der Waals surface area contributed by atoms with Crippen molar-refractivity contribution in [3.63, 3.8) is 0 Å². The van der Waals surface area contributed by atoms with E-state index in [9.17, 15) is 4.79 Å². The van der Waals surface area contributed by atoms with E-state index in [0.29, 0.717) is 12.5 Å². The molecule has 1 aliphatic heterocycles. The molecule has 0 saturated carbocycles. The number of benzene rings is 1. The van der Waals surface area contributed by atoms with Crippen LogP contribution in [0.5, 0.6) is 0 Å². The lowest BCUT2D eigenvalue weighted by Crippen LogP contribution is -2.47. The topological polar surface area (TPSA) is 36.4 Å². The van der Waals surface area contributed by atoms with Crippen molar-refractivity contribution in [3.05, 3.63) is 59.9 Å². The highest BCUT2D eigenvalue weighted by Crippen LogP contribution is 2.26. The molecule has 4 heteroatoms. The van der Waals surface area contributed by atoms with Crippen molar-refractivity contribution in [2.75, 3.05) is 18.0 Å². The summed E-state index contributed by atoms with van der Waals surface area (Å²) in [6, 6.07) is 12.8. The minimum atomic E-state index is 0.255. The van der Waals surface area contributed by atoms with Crippen LogP contribution in [-0.4, -0.2) is 34.9 Å². The maximum Gasteiger partial charge on any atom is 0.227 e. The fraction of sp³-hybridized carbons (Fsp3) is 0.455. The second-order valence-corrected chi connectivity index (χ2v) is 7.22. The Kier molecular flexibility index (Phi) is 6.40. The van der Waals surface area contributed by atoms with Gasteiger partial charge < -0.3 is 4.90 Å². The van der Waals surface area contributed by atoms with Crippen LogP contribution in [0, 0.1) is 6.92 Å². The molecule has 0 bridgehead atoms. The van der Waals surface area contributed by atoms with Crippen molar-refractivity contribution in [2.24, 2.45) is 0 Å². The maximum absolute atomic E-state index is 12.8. The smallest absolute Gasteiger partial charge is 0.227 e. The first-order valence-corrected chi connectivity index (χ1v) is 9.67. The average Bonchev–Trinajstić information content (AvgIpc) is 2.65. The number of nitrogens with zero attached hydrogens (tertiary/aromatic N) is 3. The molecule has 0 aliphatic carbocycles. The predicted molar refractivity (Wildman–Crippen MR) is 106 cm³/mol. The van der Waals surface area contributed by atoms with Crippen molar-refractivity contribution >= 4 is 11.6 Å². The van der Waals surface area contributed by atoms with Crippen molar-refractivity contribution in [1.82, 2.24) is 9.88 Å². The van der Waals surface area contributed by atoms with Crippen molar-refractivity contribution in [2.45, 2.75) is 52.1 Å². The van der Waals surface area contributed by atoms with Gasteiger partial charge in [0.25, 0.3) is 0 Å². The average molecular weight is 351 g/mol. The summed E-state index contributed by atoms with van der Waals surface area (Å²) in [7, 11) is 0. The zero-order valence-electron chi connectivity index (χ0n) is 15.9. The third-order valence-electron chi connectivity index (χ3n) is 5.09. The highest BCUT2D eigenvalue weighted by Gasteiger charge is 2.28. The number of amides is 1. The molecule has 3 rings (SSSR count). The van der Waals surface area contributed by atoms with E-state index < -0.39 is 0 Å². The largest absolute Gasteiger partial charge is 0.309 e. The fourth-order valence-corrected chi connectivity index (χ4v) is 3.75. The molecule has 138 valence electrons. The van der Waals surface area contributed by atoms with Crippen LogP contribution in [0.25, 0.3) is 0 Å². The molecule has 2 aromatic rings. The normalized spacial score (nSPS) is 15.8. The van der Waals surface area contributed by atoms with Gasteiger partial charge in [-0.15, -0.1) is 0 Å². The molecule has 0 unspecified atom stereocenters. The molecule has 1 fully saturated rings.